The lowest BCUT2D eigenvalue weighted by Crippen LogP contribution is -2.37. The van der Waals surface area contributed by atoms with Crippen LogP contribution in [0.1, 0.15) is 56.4 Å². The second-order valence-corrected chi connectivity index (χ2v) is 7.21. The van der Waals surface area contributed by atoms with Crippen LogP contribution in [0, 0.1) is 5.92 Å². The first-order valence-corrected chi connectivity index (χ1v) is 8.99. The van der Waals surface area contributed by atoms with Crippen molar-refractivity contribution in [1.82, 2.24) is 9.88 Å². The van der Waals surface area contributed by atoms with Crippen molar-refractivity contribution in [3.8, 4) is 0 Å². The fourth-order valence-corrected chi connectivity index (χ4v) is 3.42. The van der Waals surface area contributed by atoms with E-state index in [1.54, 1.807) is 4.57 Å². The molecule has 1 fully saturated rings. The molecule has 0 radical (unpaired) electrons. The normalized spacial score (nSPS) is 15.3. The van der Waals surface area contributed by atoms with Gasteiger partial charge in [-0.2, -0.15) is 0 Å². The quantitative estimate of drug-likeness (QED) is 0.910. The Hall–Kier alpha value is -2.10. The molecule has 128 valence electrons. The number of aromatic nitrogens is 1. The minimum atomic E-state index is -0.117. The topological polar surface area (TPSA) is 51.1 Å². The van der Waals surface area contributed by atoms with E-state index in [0.717, 1.165) is 24.6 Å². The standard InChI is InChI=1S/C20H26N2O2/c1-14(2)11-12-22-18(19(23)21-16-8-4-5-9-16)13-15-7-3-6-10-17(15)20(22)24/h3,6-7,10,13-14,16H,4-5,8-9,11-12H2,1-2H3,(H,21,23). The van der Waals surface area contributed by atoms with Gasteiger partial charge in [-0.15, -0.1) is 0 Å². The van der Waals surface area contributed by atoms with E-state index >= 15 is 0 Å². The average molecular weight is 326 g/mol. The average Bonchev–Trinajstić information content (AvgIpc) is 3.06. The second-order valence-electron chi connectivity index (χ2n) is 7.21. The van der Waals surface area contributed by atoms with Gasteiger partial charge < -0.3 is 9.88 Å². The number of rotatable bonds is 5. The summed E-state index contributed by atoms with van der Waals surface area (Å²) in [4.78, 5) is 25.7. The first kappa shape index (κ1) is 16.7. The van der Waals surface area contributed by atoms with Gasteiger partial charge in [0.2, 0.25) is 0 Å². The molecular formula is C20H26N2O2. The Bertz CT molecular complexity index is 786. The summed E-state index contributed by atoms with van der Waals surface area (Å²) in [6.07, 6.45) is 5.29. The first-order chi connectivity index (χ1) is 11.6. The van der Waals surface area contributed by atoms with E-state index in [4.69, 9.17) is 0 Å². The zero-order valence-electron chi connectivity index (χ0n) is 14.5. The smallest absolute Gasteiger partial charge is 0.268 e. The van der Waals surface area contributed by atoms with Crippen molar-refractivity contribution in [3.05, 3.63) is 46.4 Å². The van der Waals surface area contributed by atoms with E-state index in [9.17, 15) is 9.59 Å². The highest BCUT2D eigenvalue weighted by atomic mass is 16.2. The molecule has 0 atom stereocenters. The van der Waals surface area contributed by atoms with Gasteiger partial charge in [-0.25, -0.2) is 0 Å². The predicted molar refractivity (Wildman–Crippen MR) is 97.4 cm³/mol. The van der Waals surface area contributed by atoms with Gasteiger partial charge in [-0.3, -0.25) is 9.59 Å². The SMILES string of the molecule is CC(C)CCn1c(C(=O)NC2CCCC2)cc2ccccc2c1=O. The number of benzene rings is 1. The Kier molecular flexibility index (Phi) is 5.03. The maximum atomic E-state index is 12.9. The van der Waals surface area contributed by atoms with Gasteiger partial charge in [-0.05, 0) is 42.7 Å². The number of hydrogen-bond acceptors (Lipinski definition) is 2. The molecule has 0 spiro atoms. The van der Waals surface area contributed by atoms with Gasteiger partial charge in [0.1, 0.15) is 5.69 Å². The Balaban J connectivity index is 2.00. The van der Waals surface area contributed by atoms with Crippen LogP contribution in [-0.4, -0.2) is 16.5 Å². The second kappa shape index (κ2) is 7.20. The van der Waals surface area contributed by atoms with Crippen LogP contribution in [0.4, 0.5) is 0 Å². The number of nitrogens with one attached hydrogen (secondary N) is 1. The highest BCUT2D eigenvalue weighted by Gasteiger charge is 2.21. The molecule has 1 aromatic carbocycles. The van der Waals surface area contributed by atoms with Gasteiger partial charge in [0.15, 0.2) is 0 Å². The maximum Gasteiger partial charge on any atom is 0.268 e. The van der Waals surface area contributed by atoms with Crippen molar-refractivity contribution >= 4 is 16.7 Å². The molecule has 0 bridgehead atoms. The summed E-state index contributed by atoms with van der Waals surface area (Å²) in [6.45, 7) is 4.84. The molecule has 0 aliphatic heterocycles. The number of carbonyl (C=O) groups excluding carboxylic acids is 1. The van der Waals surface area contributed by atoms with Crippen molar-refractivity contribution in [2.24, 2.45) is 5.92 Å². The fourth-order valence-electron chi connectivity index (χ4n) is 3.42. The van der Waals surface area contributed by atoms with Gasteiger partial charge in [0, 0.05) is 18.0 Å². The molecule has 0 saturated heterocycles. The summed E-state index contributed by atoms with van der Waals surface area (Å²) in [5, 5.41) is 4.63. The molecule has 1 aliphatic rings. The lowest BCUT2D eigenvalue weighted by Gasteiger charge is -2.17. The van der Waals surface area contributed by atoms with Crippen LogP contribution in [0.3, 0.4) is 0 Å². The molecule has 0 unspecified atom stereocenters. The van der Waals surface area contributed by atoms with Crippen LogP contribution in [-0.2, 0) is 6.54 Å². The van der Waals surface area contributed by atoms with E-state index in [-0.39, 0.29) is 17.5 Å². The molecule has 1 amide bonds. The molecule has 1 aliphatic carbocycles. The third kappa shape index (κ3) is 3.53. The number of nitrogens with zero attached hydrogens (tertiary/aromatic N) is 1. The number of pyridine rings is 1. The Morgan fingerprint density at radius 3 is 2.67 bits per heavy atom. The summed E-state index contributed by atoms with van der Waals surface area (Å²) >= 11 is 0. The zero-order chi connectivity index (χ0) is 17.1. The van der Waals surface area contributed by atoms with Crippen molar-refractivity contribution < 1.29 is 4.79 Å². The largest absolute Gasteiger partial charge is 0.348 e. The molecule has 4 nitrogen and oxygen atoms in total. The third-order valence-electron chi connectivity index (χ3n) is 4.87. The molecule has 1 saturated carbocycles. The molecule has 4 heteroatoms. The summed E-state index contributed by atoms with van der Waals surface area (Å²) in [6, 6.07) is 9.62. The Labute approximate surface area is 142 Å². The van der Waals surface area contributed by atoms with Gasteiger partial charge >= 0.3 is 0 Å². The van der Waals surface area contributed by atoms with Crippen LogP contribution in [0.25, 0.3) is 10.8 Å². The Morgan fingerprint density at radius 2 is 1.96 bits per heavy atom. The minimum Gasteiger partial charge on any atom is -0.348 e. The maximum absolute atomic E-state index is 12.9. The van der Waals surface area contributed by atoms with E-state index in [1.165, 1.54) is 12.8 Å². The minimum absolute atomic E-state index is 0.0645. The molecular weight excluding hydrogens is 300 g/mol. The van der Waals surface area contributed by atoms with Gasteiger partial charge in [0.05, 0.1) is 0 Å². The molecule has 1 heterocycles. The zero-order valence-corrected chi connectivity index (χ0v) is 14.5. The third-order valence-corrected chi connectivity index (χ3v) is 4.87. The van der Waals surface area contributed by atoms with E-state index in [0.29, 0.717) is 23.5 Å². The summed E-state index contributed by atoms with van der Waals surface area (Å²) < 4.78 is 1.66. The highest BCUT2D eigenvalue weighted by Crippen LogP contribution is 2.19. The fraction of sp³-hybridized carbons (Fsp3) is 0.500. The van der Waals surface area contributed by atoms with Crippen molar-refractivity contribution in [2.45, 2.75) is 58.5 Å². The number of fused-ring (bicyclic) bond motifs is 1. The van der Waals surface area contributed by atoms with E-state index in [1.807, 2.05) is 30.3 Å². The lowest BCUT2D eigenvalue weighted by molar-refractivity contribution is 0.0926. The summed E-state index contributed by atoms with van der Waals surface area (Å²) in [5.41, 5.74) is 0.427. The van der Waals surface area contributed by atoms with Gasteiger partial charge in [-0.1, -0.05) is 44.9 Å². The van der Waals surface area contributed by atoms with Crippen molar-refractivity contribution in [1.29, 1.82) is 0 Å². The van der Waals surface area contributed by atoms with Crippen molar-refractivity contribution in [2.75, 3.05) is 0 Å². The van der Waals surface area contributed by atoms with Crippen LogP contribution < -0.4 is 10.9 Å². The molecule has 1 aromatic heterocycles. The van der Waals surface area contributed by atoms with Gasteiger partial charge in [0.25, 0.3) is 11.5 Å². The van der Waals surface area contributed by atoms with Crippen LogP contribution in [0.5, 0.6) is 0 Å². The lowest BCUT2D eigenvalue weighted by atomic mass is 10.1. The van der Waals surface area contributed by atoms with Crippen LogP contribution >= 0.6 is 0 Å². The predicted octanol–water partition coefficient (Wildman–Crippen LogP) is 3.72. The van der Waals surface area contributed by atoms with Crippen LogP contribution in [0.2, 0.25) is 0 Å². The first-order valence-electron chi connectivity index (χ1n) is 8.99. The van der Waals surface area contributed by atoms with Crippen LogP contribution in [0.15, 0.2) is 35.1 Å². The summed E-state index contributed by atoms with van der Waals surface area (Å²) in [7, 11) is 0. The summed E-state index contributed by atoms with van der Waals surface area (Å²) in [5.74, 6) is 0.364. The monoisotopic (exact) mass is 326 g/mol. The number of amides is 1. The Morgan fingerprint density at radius 1 is 1.25 bits per heavy atom. The van der Waals surface area contributed by atoms with E-state index in [2.05, 4.69) is 19.2 Å². The molecule has 3 rings (SSSR count). The molecule has 24 heavy (non-hydrogen) atoms. The molecule has 2 aromatic rings. The van der Waals surface area contributed by atoms with Crippen molar-refractivity contribution in [3.63, 3.8) is 0 Å². The molecule has 1 N–H and O–H groups in total. The number of carbonyl (C=O) groups is 1. The highest BCUT2D eigenvalue weighted by molar-refractivity contribution is 5.96. The number of hydrogen-bond donors (Lipinski definition) is 1. The van der Waals surface area contributed by atoms with E-state index < -0.39 is 0 Å².